The summed E-state index contributed by atoms with van der Waals surface area (Å²) in [5.41, 5.74) is 2.41. The molecular weight excluding hydrogens is 489 g/mol. The number of halogens is 2. The van der Waals surface area contributed by atoms with Crippen LogP contribution in [-0.2, 0) is 6.54 Å². The van der Waals surface area contributed by atoms with E-state index >= 15 is 0 Å². The van der Waals surface area contributed by atoms with Crippen molar-refractivity contribution in [2.45, 2.75) is 18.6 Å². The zero-order chi connectivity index (χ0) is 22.1. The lowest BCUT2D eigenvalue weighted by Crippen LogP contribution is -2.29. The van der Waals surface area contributed by atoms with E-state index in [1.807, 2.05) is 42.5 Å². The van der Waals surface area contributed by atoms with Gasteiger partial charge in [0.2, 0.25) is 0 Å². The molecule has 0 saturated carbocycles. The maximum atomic E-state index is 14.5. The van der Waals surface area contributed by atoms with Gasteiger partial charge in [-0.1, -0.05) is 52.3 Å². The van der Waals surface area contributed by atoms with Crippen LogP contribution >= 0.6 is 28.1 Å². The minimum Gasteiger partial charge on any atom is -0.459 e. The SMILES string of the molecule is Fc1cc(Br)ccc1-c1ccc([C@@H]2[C@H](c3ccccn3)NC(=S)N2Cc2ccccc2)o1. The highest BCUT2D eigenvalue weighted by Gasteiger charge is 2.41. The molecular formula is C25H19BrFN3OS. The fraction of sp³-hybridized carbons (Fsp3) is 0.120. The molecule has 32 heavy (non-hydrogen) atoms. The predicted molar refractivity (Wildman–Crippen MR) is 129 cm³/mol. The van der Waals surface area contributed by atoms with Crippen LogP contribution in [0.4, 0.5) is 4.39 Å². The smallest absolute Gasteiger partial charge is 0.170 e. The third kappa shape index (κ3) is 4.06. The number of hydrogen-bond donors (Lipinski definition) is 1. The minimum atomic E-state index is -0.345. The highest BCUT2D eigenvalue weighted by molar-refractivity contribution is 9.10. The Bertz CT molecular complexity index is 1250. The molecule has 5 rings (SSSR count). The number of nitrogens with one attached hydrogen (secondary N) is 1. The number of hydrogen-bond acceptors (Lipinski definition) is 3. The lowest BCUT2D eigenvalue weighted by molar-refractivity contribution is 0.269. The molecule has 1 fully saturated rings. The third-order valence-corrected chi connectivity index (χ3v) is 6.35. The summed E-state index contributed by atoms with van der Waals surface area (Å²) in [4.78, 5) is 6.65. The summed E-state index contributed by atoms with van der Waals surface area (Å²) >= 11 is 9.01. The van der Waals surface area contributed by atoms with E-state index in [1.54, 1.807) is 24.4 Å². The molecule has 4 aromatic rings. The van der Waals surface area contributed by atoms with E-state index in [4.69, 9.17) is 16.6 Å². The molecule has 4 nitrogen and oxygen atoms in total. The normalized spacial score (nSPS) is 18.1. The highest BCUT2D eigenvalue weighted by atomic mass is 79.9. The Kier molecular flexibility index (Phi) is 5.76. The molecule has 1 aliphatic rings. The lowest BCUT2D eigenvalue weighted by atomic mass is 10.0. The van der Waals surface area contributed by atoms with E-state index < -0.39 is 0 Å². The molecule has 3 heterocycles. The van der Waals surface area contributed by atoms with Crippen molar-refractivity contribution in [1.82, 2.24) is 15.2 Å². The van der Waals surface area contributed by atoms with Crippen LogP contribution in [0.3, 0.4) is 0 Å². The van der Waals surface area contributed by atoms with Crippen LogP contribution in [0.15, 0.2) is 93.9 Å². The average molecular weight is 508 g/mol. The summed E-state index contributed by atoms with van der Waals surface area (Å²) in [6.45, 7) is 0.614. The summed E-state index contributed by atoms with van der Waals surface area (Å²) in [7, 11) is 0. The zero-order valence-corrected chi connectivity index (χ0v) is 19.3. The van der Waals surface area contributed by atoms with Crippen molar-refractivity contribution in [3.8, 4) is 11.3 Å². The molecule has 0 amide bonds. The molecule has 0 spiro atoms. The van der Waals surface area contributed by atoms with Gasteiger partial charge in [-0.05, 0) is 60.2 Å². The monoisotopic (exact) mass is 507 g/mol. The number of furan rings is 1. The van der Waals surface area contributed by atoms with E-state index in [0.29, 0.717) is 33.2 Å². The number of rotatable bonds is 5. The minimum absolute atomic E-state index is 0.193. The number of thiocarbonyl (C=S) groups is 1. The quantitative estimate of drug-likeness (QED) is 0.316. The molecule has 2 aromatic carbocycles. The van der Waals surface area contributed by atoms with Gasteiger partial charge in [-0.25, -0.2) is 4.39 Å². The van der Waals surface area contributed by atoms with Crippen molar-refractivity contribution in [1.29, 1.82) is 0 Å². The fourth-order valence-electron chi connectivity index (χ4n) is 4.01. The molecule has 1 N–H and O–H groups in total. The van der Waals surface area contributed by atoms with E-state index in [1.165, 1.54) is 6.07 Å². The van der Waals surface area contributed by atoms with Crippen molar-refractivity contribution in [3.05, 3.63) is 112 Å². The molecule has 0 unspecified atom stereocenters. The Morgan fingerprint density at radius 3 is 2.59 bits per heavy atom. The second-order valence-electron chi connectivity index (χ2n) is 7.57. The van der Waals surface area contributed by atoms with E-state index in [9.17, 15) is 4.39 Å². The molecule has 2 atom stereocenters. The van der Waals surface area contributed by atoms with Gasteiger partial charge in [0.15, 0.2) is 5.11 Å². The van der Waals surface area contributed by atoms with E-state index in [0.717, 1.165) is 11.3 Å². The summed E-state index contributed by atoms with van der Waals surface area (Å²) in [5.74, 6) is 0.825. The zero-order valence-electron chi connectivity index (χ0n) is 16.9. The van der Waals surface area contributed by atoms with Crippen molar-refractivity contribution in [2.75, 3.05) is 0 Å². The number of nitrogens with zero attached hydrogens (tertiary/aromatic N) is 2. The van der Waals surface area contributed by atoms with Gasteiger partial charge in [0, 0.05) is 17.2 Å². The molecule has 0 aliphatic carbocycles. The van der Waals surface area contributed by atoms with Crippen LogP contribution in [0.2, 0.25) is 0 Å². The Morgan fingerprint density at radius 2 is 1.84 bits per heavy atom. The van der Waals surface area contributed by atoms with E-state index in [-0.39, 0.29) is 17.9 Å². The molecule has 0 bridgehead atoms. The van der Waals surface area contributed by atoms with Gasteiger partial charge in [-0.3, -0.25) is 4.98 Å². The van der Waals surface area contributed by atoms with Crippen LogP contribution in [0.1, 0.15) is 29.1 Å². The molecule has 1 aliphatic heterocycles. The standard InChI is InChI=1S/C25H19BrFN3OS/c26-17-9-10-18(19(27)14-17)21-11-12-22(31-21)24-23(20-8-4-5-13-28-20)29-25(32)30(24)15-16-6-2-1-3-7-16/h1-14,23-24H,15H2,(H,29,32)/t23-,24+/m0/s1. The van der Waals surface area contributed by atoms with Crippen LogP contribution in [0, 0.1) is 5.82 Å². The summed E-state index contributed by atoms with van der Waals surface area (Å²) in [6, 6.07) is 24.2. The van der Waals surface area contributed by atoms with Crippen molar-refractivity contribution < 1.29 is 8.81 Å². The first kappa shape index (κ1) is 20.8. The Labute approximate surface area is 199 Å². The molecule has 0 radical (unpaired) electrons. The first-order valence-corrected chi connectivity index (χ1v) is 11.4. The Morgan fingerprint density at radius 1 is 1.03 bits per heavy atom. The molecule has 160 valence electrons. The summed E-state index contributed by atoms with van der Waals surface area (Å²) in [6.07, 6.45) is 1.77. The van der Waals surface area contributed by atoms with Gasteiger partial charge < -0.3 is 14.6 Å². The van der Waals surface area contributed by atoms with Gasteiger partial charge >= 0.3 is 0 Å². The Balaban J connectivity index is 1.55. The first-order chi connectivity index (χ1) is 15.6. The van der Waals surface area contributed by atoms with Crippen molar-refractivity contribution in [2.24, 2.45) is 0 Å². The first-order valence-electron chi connectivity index (χ1n) is 10.2. The van der Waals surface area contributed by atoms with Crippen LogP contribution in [0.5, 0.6) is 0 Å². The molecule has 7 heteroatoms. The van der Waals surface area contributed by atoms with Crippen molar-refractivity contribution >= 4 is 33.3 Å². The van der Waals surface area contributed by atoms with Gasteiger partial charge in [0.05, 0.1) is 17.3 Å². The largest absolute Gasteiger partial charge is 0.459 e. The number of benzene rings is 2. The summed E-state index contributed by atoms with van der Waals surface area (Å²) < 4.78 is 21.4. The van der Waals surface area contributed by atoms with Gasteiger partial charge in [0.25, 0.3) is 0 Å². The molecule has 1 saturated heterocycles. The van der Waals surface area contributed by atoms with Gasteiger partial charge in [-0.15, -0.1) is 0 Å². The van der Waals surface area contributed by atoms with Crippen LogP contribution in [0.25, 0.3) is 11.3 Å². The predicted octanol–water partition coefficient (Wildman–Crippen LogP) is 6.42. The number of aromatic nitrogens is 1. The topological polar surface area (TPSA) is 41.3 Å². The lowest BCUT2D eigenvalue weighted by Gasteiger charge is -2.26. The van der Waals surface area contributed by atoms with E-state index in [2.05, 4.69) is 43.3 Å². The second-order valence-corrected chi connectivity index (χ2v) is 8.87. The van der Waals surface area contributed by atoms with Gasteiger partial charge in [-0.2, -0.15) is 0 Å². The van der Waals surface area contributed by atoms with Gasteiger partial charge in [0.1, 0.15) is 23.4 Å². The average Bonchev–Trinajstić information content (AvgIpc) is 3.40. The molecule has 2 aromatic heterocycles. The second kappa shape index (κ2) is 8.84. The Hall–Kier alpha value is -3.03. The fourth-order valence-corrected chi connectivity index (χ4v) is 4.65. The third-order valence-electron chi connectivity index (χ3n) is 5.51. The van der Waals surface area contributed by atoms with Crippen molar-refractivity contribution in [3.63, 3.8) is 0 Å². The highest BCUT2D eigenvalue weighted by Crippen LogP contribution is 2.41. The maximum Gasteiger partial charge on any atom is 0.170 e. The maximum absolute atomic E-state index is 14.5. The van der Waals surface area contributed by atoms with Crippen LogP contribution in [-0.4, -0.2) is 15.0 Å². The van der Waals surface area contributed by atoms with Crippen LogP contribution < -0.4 is 5.32 Å². The summed E-state index contributed by atoms with van der Waals surface area (Å²) in [5, 5.41) is 4.04. The number of pyridine rings is 1.